The highest BCUT2D eigenvalue weighted by Gasteiger charge is 2.16. The Morgan fingerprint density at radius 2 is 1.94 bits per heavy atom. The molecule has 0 atom stereocenters. The van der Waals surface area contributed by atoms with Gasteiger partial charge >= 0.3 is 0 Å². The van der Waals surface area contributed by atoms with Crippen LogP contribution in [0.3, 0.4) is 0 Å². The molecule has 0 aliphatic carbocycles. The zero-order chi connectivity index (χ0) is 13.2. The number of sulfonamides is 1. The monoisotopic (exact) mass is 286 g/mol. The number of nitrogens with two attached hydrogens (primary N) is 1. The molecule has 2 rings (SSSR count). The average Bonchev–Trinajstić information content (AvgIpc) is 2.81. The van der Waals surface area contributed by atoms with Gasteiger partial charge in [-0.15, -0.1) is 11.3 Å². The Hall–Kier alpha value is -1.44. The molecule has 1 aromatic heterocycles. The maximum Gasteiger partial charge on any atom is 0.262 e. The molecule has 0 radical (unpaired) electrons. The van der Waals surface area contributed by atoms with E-state index in [9.17, 15) is 12.8 Å². The summed E-state index contributed by atoms with van der Waals surface area (Å²) < 4.78 is 39.0. The van der Waals surface area contributed by atoms with Crippen molar-refractivity contribution in [1.82, 2.24) is 0 Å². The number of rotatable bonds is 4. The van der Waals surface area contributed by atoms with Crippen LogP contribution >= 0.6 is 11.3 Å². The Labute approximate surface area is 108 Å². The molecule has 0 saturated carbocycles. The van der Waals surface area contributed by atoms with E-state index in [0.29, 0.717) is 12.2 Å². The van der Waals surface area contributed by atoms with Crippen molar-refractivity contribution in [1.29, 1.82) is 0 Å². The summed E-state index contributed by atoms with van der Waals surface area (Å²) in [7, 11) is -3.63. The molecule has 2 aromatic rings. The third-order valence-electron chi connectivity index (χ3n) is 2.24. The summed E-state index contributed by atoms with van der Waals surface area (Å²) in [6.07, 6.45) is 0. The molecule has 7 heteroatoms. The predicted molar refractivity (Wildman–Crippen MR) is 69.4 cm³/mol. The van der Waals surface area contributed by atoms with E-state index < -0.39 is 15.8 Å². The highest BCUT2D eigenvalue weighted by atomic mass is 32.2. The van der Waals surface area contributed by atoms with E-state index >= 15 is 0 Å². The van der Waals surface area contributed by atoms with Gasteiger partial charge in [-0.1, -0.05) is 0 Å². The molecule has 0 spiro atoms. The topological polar surface area (TPSA) is 72.2 Å². The van der Waals surface area contributed by atoms with Gasteiger partial charge in [-0.2, -0.15) is 0 Å². The van der Waals surface area contributed by atoms with E-state index in [1.165, 1.54) is 47.0 Å². The maximum atomic E-state index is 12.7. The molecule has 18 heavy (non-hydrogen) atoms. The summed E-state index contributed by atoms with van der Waals surface area (Å²) >= 11 is 1.29. The second-order valence-corrected chi connectivity index (χ2v) is 6.24. The predicted octanol–water partition coefficient (Wildman–Crippen LogP) is 2.15. The van der Waals surface area contributed by atoms with Crippen molar-refractivity contribution in [2.45, 2.75) is 11.4 Å². The lowest BCUT2D eigenvalue weighted by molar-refractivity contribution is 0.601. The Bertz CT molecular complexity index is 635. The summed E-state index contributed by atoms with van der Waals surface area (Å²) in [5.74, 6) is -0.418. The molecule has 0 saturated heterocycles. The molecular formula is C11H11FN2O2S2. The fourth-order valence-corrected chi connectivity index (χ4v) is 3.55. The third kappa shape index (κ3) is 2.87. The SMILES string of the molecule is NCc1cc(S(=O)(=O)Nc2ccc(F)cc2)cs1. The van der Waals surface area contributed by atoms with Crippen molar-refractivity contribution in [3.05, 3.63) is 46.4 Å². The van der Waals surface area contributed by atoms with Crippen LogP contribution in [0.5, 0.6) is 0 Å². The van der Waals surface area contributed by atoms with Gasteiger partial charge in [0, 0.05) is 22.5 Å². The van der Waals surface area contributed by atoms with Crippen LogP contribution < -0.4 is 10.5 Å². The summed E-state index contributed by atoms with van der Waals surface area (Å²) in [5, 5.41) is 1.52. The zero-order valence-electron chi connectivity index (χ0n) is 9.26. The Morgan fingerprint density at radius 3 is 2.50 bits per heavy atom. The number of thiophene rings is 1. The molecule has 96 valence electrons. The first-order valence-electron chi connectivity index (χ1n) is 5.07. The van der Waals surface area contributed by atoms with Gasteiger partial charge in [0.1, 0.15) is 5.82 Å². The third-order valence-corrected chi connectivity index (χ3v) is 4.71. The largest absolute Gasteiger partial charge is 0.326 e. The molecule has 0 fully saturated rings. The Balaban J connectivity index is 2.24. The molecule has 0 bridgehead atoms. The number of benzene rings is 1. The lowest BCUT2D eigenvalue weighted by Gasteiger charge is -2.05. The Kier molecular flexibility index (Phi) is 3.65. The van der Waals surface area contributed by atoms with Crippen LogP contribution in [0.2, 0.25) is 0 Å². The molecular weight excluding hydrogens is 275 g/mol. The highest BCUT2D eigenvalue weighted by Crippen LogP contribution is 2.21. The molecule has 0 unspecified atom stereocenters. The normalized spacial score (nSPS) is 11.4. The van der Waals surface area contributed by atoms with Crippen LogP contribution in [-0.2, 0) is 16.6 Å². The van der Waals surface area contributed by atoms with Gasteiger partial charge in [-0.3, -0.25) is 4.72 Å². The van der Waals surface area contributed by atoms with Gasteiger partial charge in [-0.25, -0.2) is 12.8 Å². The fraction of sp³-hybridized carbons (Fsp3) is 0.0909. The minimum atomic E-state index is -3.63. The minimum Gasteiger partial charge on any atom is -0.326 e. The first-order chi connectivity index (χ1) is 8.51. The Morgan fingerprint density at radius 1 is 1.28 bits per heavy atom. The van der Waals surface area contributed by atoms with E-state index in [1.807, 2.05) is 0 Å². The first kappa shape index (κ1) is 13.0. The number of hydrogen-bond acceptors (Lipinski definition) is 4. The number of nitrogens with one attached hydrogen (secondary N) is 1. The van der Waals surface area contributed by atoms with Crippen LogP contribution in [0.15, 0.2) is 40.6 Å². The fourth-order valence-electron chi connectivity index (χ4n) is 1.34. The van der Waals surface area contributed by atoms with Crippen molar-refractivity contribution in [2.24, 2.45) is 5.73 Å². The van der Waals surface area contributed by atoms with Crippen molar-refractivity contribution < 1.29 is 12.8 Å². The van der Waals surface area contributed by atoms with E-state index in [-0.39, 0.29) is 4.90 Å². The maximum absolute atomic E-state index is 12.7. The van der Waals surface area contributed by atoms with E-state index in [1.54, 1.807) is 0 Å². The van der Waals surface area contributed by atoms with E-state index in [4.69, 9.17) is 5.73 Å². The van der Waals surface area contributed by atoms with Crippen LogP contribution in [0.1, 0.15) is 4.88 Å². The minimum absolute atomic E-state index is 0.164. The molecule has 0 amide bonds. The van der Waals surface area contributed by atoms with Crippen molar-refractivity contribution in [2.75, 3.05) is 4.72 Å². The van der Waals surface area contributed by atoms with Gasteiger partial charge in [0.2, 0.25) is 0 Å². The molecule has 4 nitrogen and oxygen atoms in total. The molecule has 0 aliphatic heterocycles. The molecule has 1 aromatic carbocycles. The van der Waals surface area contributed by atoms with Crippen molar-refractivity contribution in [3.63, 3.8) is 0 Å². The zero-order valence-corrected chi connectivity index (χ0v) is 10.9. The van der Waals surface area contributed by atoms with Gasteiger partial charge in [0.05, 0.1) is 4.90 Å². The average molecular weight is 286 g/mol. The van der Waals surface area contributed by atoms with Crippen LogP contribution in [0.25, 0.3) is 0 Å². The standard InChI is InChI=1S/C11H11FN2O2S2/c12-8-1-3-9(4-2-8)14-18(15,16)11-5-10(6-13)17-7-11/h1-5,7,14H,6,13H2. The second-order valence-electron chi connectivity index (χ2n) is 3.57. The van der Waals surface area contributed by atoms with Gasteiger partial charge < -0.3 is 5.73 Å². The number of hydrogen-bond donors (Lipinski definition) is 2. The summed E-state index contributed by atoms with van der Waals surface area (Å²) in [6.45, 7) is 0.302. The molecule has 1 heterocycles. The number of anilines is 1. The van der Waals surface area contributed by atoms with Gasteiger partial charge in [0.25, 0.3) is 10.0 Å². The summed E-state index contributed by atoms with van der Waals surface area (Å²) in [6, 6.07) is 6.64. The van der Waals surface area contributed by atoms with Crippen LogP contribution in [-0.4, -0.2) is 8.42 Å². The van der Waals surface area contributed by atoms with E-state index in [2.05, 4.69) is 4.72 Å². The summed E-state index contributed by atoms with van der Waals surface area (Å²) in [5.41, 5.74) is 5.75. The smallest absolute Gasteiger partial charge is 0.262 e. The van der Waals surface area contributed by atoms with Crippen LogP contribution in [0.4, 0.5) is 10.1 Å². The lowest BCUT2D eigenvalue weighted by Crippen LogP contribution is -2.12. The summed E-state index contributed by atoms with van der Waals surface area (Å²) in [4.78, 5) is 0.951. The molecule has 0 aliphatic rings. The number of halogens is 1. The second kappa shape index (κ2) is 5.05. The van der Waals surface area contributed by atoms with Crippen LogP contribution in [0, 0.1) is 5.82 Å². The van der Waals surface area contributed by atoms with E-state index in [0.717, 1.165) is 4.88 Å². The highest BCUT2D eigenvalue weighted by molar-refractivity contribution is 7.92. The lowest BCUT2D eigenvalue weighted by atomic mass is 10.3. The van der Waals surface area contributed by atoms with Crippen molar-refractivity contribution in [3.8, 4) is 0 Å². The first-order valence-corrected chi connectivity index (χ1v) is 7.43. The quantitative estimate of drug-likeness (QED) is 0.904. The molecule has 3 N–H and O–H groups in total. The van der Waals surface area contributed by atoms with Crippen molar-refractivity contribution >= 4 is 27.0 Å². The van der Waals surface area contributed by atoms with Gasteiger partial charge in [0.15, 0.2) is 0 Å². The van der Waals surface area contributed by atoms with Gasteiger partial charge in [-0.05, 0) is 30.3 Å².